The maximum Gasteiger partial charge on any atom is 0.271 e. The highest BCUT2D eigenvalue weighted by molar-refractivity contribution is 9.10. The van der Waals surface area contributed by atoms with E-state index in [9.17, 15) is 4.79 Å². The summed E-state index contributed by atoms with van der Waals surface area (Å²) >= 11 is 9.45. The monoisotopic (exact) mass is 429 g/mol. The molecule has 6 heteroatoms. The molecule has 0 saturated heterocycles. The summed E-state index contributed by atoms with van der Waals surface area (Å²) in [5.74, 6) is -0.252. The summed E-state index contributed by atoms with van der Waals surface area (Å²) < 4.78 is 3.02. The Bertz CT molecular complexity index is 977. The molecule has 0 atom stereocenters. The zero-order valence-electron chi connectivity index (χ0n) is 14.3. The molecule has 0 radical (unpaired) electrons. The first-order valence-corrected chi connectivity index (χ1v) is 9.16. The fraction of sp³-hybridized carbons (Fsp3) is 0.100. The number of aromatic nitrogens is 1. The molecule has 132 valence electrons. The van der Waals surface area contributed by atoms with Crippen LogP contribution in [0.5, 0.6) is 0 Å². The Morgan fingerprint density at radius 1 is 1.15 bits per heavy atom. The Labute approximate surface area is 165 Å². The van der Waals surface area contributed by atoms with Gasteiger partial charge in [0.25, 0.3) is 5.91 Å². The van der Waals surface area contributed by atoms with Crippen molar-refractivity contribution in [2.75, 3.05) is 0 Å². The molecule has 3 rings (SSSR count). The highest BCUT2D eigenvalue weighted by Crippen LogP contribution is 2.22. The molecule has 0 aliphatic carbocycles. The van der Waals surface area contributed by atoms with Crippen LogP contribution in [0.3, 0.4) is 0 Å². The van der Waals surface area contributed by atoms with Crippen LogP contribution in [-0.4, -0.2) is 16.7 Å². The third-order valence-electron chi connectivity index (χ3n) is 4.01. The molecule has 1 N–H and O–H groups in total. The van der Waals surface area contributed by atoms with Gasteiger partial charge in [0.1, 0.15) is 0 Å². The predicted octanol–water partition coefficient (Wildman–Crippen LogP) is 5.27. The van der Waals surface area contributed by atoms with Gasteiger partial charge in [-0.3, -0.25) is 4.79 Å². The molecule has 0 aliphatic heterocycles. The highest BCUT2D eigenvalue weighted by Gasteiger charge is 2.10. The number of nitrogens with zero attached hydrogens (tertiary/aromatic N) is 2. The topological polar surface area (TPSA) is 46.4 Å². The number of carbonyl (C=O) groups is 1. The quantitative estimate of drug-likeness (QED) is 0.444. The molecular formula is C20H17BrClN3O. The van der Waals surface area contributed by atoms with Gasteiger partial charge in [0.2, 0.25) is 0 Å². The number of aryl methyl sites for hydroxylation is 1. The van der Waals surface area contributed by atoms with Crippen LogP contribution in [0.2, 0.25) is 5.02 Å². The fourth-order valence-electron chi connectivity index (χ4n) is 2.76. The van der Waals surface area contributed by atoms with Gasteiger partial charge < -0.3 is 4.57 Å². The molecule has 3 aromatic rings. The molecule has 0 bridgehead atoms. The van der Waals surface area contributed by atoms with Crippen LogP contribution in [0.15, 0.2) is 64.2 Å². The van der Waals surface area contributed by atoms with Gasteiger partial charge >= 0.3 is 0 Å². The number of hydrogen-bond donors (Lipinski definition) is 1. The summed E-state index contributed by atoms with van der Waals surface area (Å²) in [4.78, 5) is 12.1. The minimum absolute atomic E-state index is 0.252. The van der Waals surface area contributed by atoms with Crippen LogP contribution in [0.25, 0.3) is 5.69 Å². The summed E-state index contributed by atoms with van der Waals surface area (Å²) in [6.45, 7) is 4.03. The standard InChI is InChI=1S/C20H17BrClN3O/c1-13-10-16(14(2)25(13)19-5-3-4-18(22)11-19)12-23-24-20(26)15-6-8-17(21)9-7-15/h3-12H,1-2H3,(H,24,26)/b23-12-. The molecule has 0 aliphatic rings. The number of amides is 1. The summed E-state index contributed by atoms with van der Waals surface area (Å²) in [6, 6.07) is 16.8. The molecule has 1 amide bonds. The van der Waals surface area contributed by atoms with Gasteiger partial charge in [-0.25, -0.2) is 5.43 Å². The van der Waals surface area contributed by atoms with Crippen molar-refractivity contribution in [2.45, 2.75) is 13.8 Å². The van der Waals surface area contributed by atoms with Crippen LogP contribution >= 0.6 is 27.5 Å². The third kappa shape index (κ3) is 4.06. The first-order chi connectivity index (χ1) is 12.5. The van der Waals surface area contributed by atoms with Gasteiger partial charge in [0.15, 0.2) is 0 Å². The van der Waals surface area contributed by atoms with Gasteiger partial charge in [-0.05, 0) is 62.4 Å². The number of benzene rings is 2. The van der Waals surface area contributed by atoms with Crippen molar-refractivity contribution in [1.82, 2.24) is 9.99 Å². The zero-order valence-corrected chi connectivity index (χ0v) is 16.7. The SMILES string of the molecule is Cc1cc(/C=N\NC(=O)c2ccc(Br)cc2)c(C)n1-c1cccc(Cl)c1. The van der Waals surface area contributed by atoms with Crippen LogP contribution in [0.1, 0.15) is 27.3 Å². The molecule has 0 saturated carbocycles. The van der Waals surface area contributed by atoms with E-state index in [2.05, 4.69) is 31.0 Å². The highest BCUT2D eigenvalue weighted by atomic mass is 79.9. The first kappa shape index (κ1) is 18.4. The van der Waals surface area contributed by atoms with Crippen molar-refractivity contribution in [3.63, 3.8) is 0 Å². The number of halogens is 2. The third-order valence-corrected chi connectivity index (χ3v) is 4.78. The largest absolute Gasteiger partial charge is 0.318 e. The average molecular weight is 431 g/mol. The van der Waals surface area contributed by atoms with Gasteiger partial charge in [-0.2, -0.15) is 5.10 Å². The number of hydrogen-bond acceptors (Lipinski definition) is 2. The van der Waals surface area contributed by atoms with Crippen molar-refractivity contribution in [1.29, 1.82) is 0 Å². The fourth-order valence-corrected chi connectivity index (χ4v) is 3.21. The van der Waals surface area contributed by atoms with E-state index >= 15 is 0 Å². The van der Waals surface area contributed by atoms with Crippen molar-refractivity contribution >= 4 is 39.7 Å². The van der Waals surface area contributed by atoms with E-state index in [0.29, 0.717) is 10.6 Å². The molecular weight excluding hydrogens is 414 g/mol. The second-order valence-corrected chi connectivity index (χ2v) is 7.20. The Hall–Kier alpha value is -2.37. The molecule has 1 aromatic heterocycles. The molecule has 26 heavy (non-hydrogen) atoms. The zero-order chi connectivity index (χ0) is 18.7. The van der Waals surface area contributed by atoms with Crippen molar-refractivity contribution in [3.8, 4) is 5.69 Å². The van der Waals surface area contributed by atoms with E-state index < -0.39 is 0 Å². The smallest absolute Gasteiger partial charge is 0.271 e. The van der Waals surface area contributed by atoms with E-state index in [1.165, 1.54) is 0 Å². The Morgan fingerprint density at radius 3 is 2.58 bits per heavy atom. The second-order valence-electron chi connectivity index (χ2n) is 5.85. The lowest BCUT2D eigenvalue weighted by molar-refractivity contribution is 0.0955. The Kier molecular flexibility index (Phi) is 5.59. The van der Waals surface area contributed by atoms with Crippen LogP contribution < -0.4 is 5.43 Å². The van der Waals surface area contributed by atoms with Crippen LogP contribution in [0, 0.1) is 13.8 Å². The maximum atomic E-state index is 12.1. The summed E-state index contributed by atoms with van der Waals surface area (Å²) in [6.07, 6.45) is 1.65. The summed E-state index contributed by atoms with van der Waals surface area (Å²) in [7, 11) is 0. The lowest BCUT2D eigenvalue weighted by atomic mass is 10.2. The van der Waals surface area contributed by atoms with Crippen LogP contribution in [-0.2, 0) is 0 Å². The number of hydrazone groups is 1. The van der Waals surface area contributed by atoms with Gasteiger partial charge in [-0.15, -0.1) is 0 Å². The number of rotatable bonds is 4. The minimum atomic E-state index is -0.252. The first-order valence-electron chi connectivity index (χ1n) is 7.99. The van der Waals surface area contributed by atoms with Crippen molar-refractivity contribution in [3.05, 3.63) is 86.6 Å². The van der Waals surface area contributed by atoms with Crippen molar-refractivity contribution < 1.29 is 4.79 Å². The van der Waals surface area contributed by atoms with E-state index in [1.54, 1.807) is 18.3 Å². The summed E-state index contributed by atoms with van der Waals surface area (Å²) in [5.41, 5.74) is 7.11. The van der Waals surface area contributed by atoms with E-state index in [-0.39, 0.29) is 5.91 Å². The Morgan fingerprint density at radius 2 is 1.88 bits per heavy atom. The summed E-state index contributed by atoms with van der Waals surface area (Å²) in [5, 5.41) is 4.78. The normalized spacial score (nSPS) is 11.1. The molecule has 1 heterocycles. The van der Waals surface area contributed by atoms with Gasteiger partial charge in [0, 0.05) is 37.7 Å². The van der Waals surface area contributed by atoms with Gasteiger partial charge in [-0.1, -0.05) is 33.6 Å². The maximum absolute atomic E-state index is 12.1. The minimum Gasteiger partial charge on any atom is -0.318 e. The predicted molar refractivity (Wildman–Crippen MR) is 109 cm³/mol. The van der Waals surface area contributed by atoms with Crippen LogP contribution in [0.4, 0.5) is 0 Å². The second kappa shape index (κ2) is 7.89. The molecule has 0 unspecified atom stereocenters. The Balaban J connectivity index is 1.78. The van der Waals surface area contributed by atoms with E-state index in [1.807, 2.05) is 56.3 Å². The van der Waals surface area contributed by atoms with E-state index in [0.717, 1.165) is 27.1 Å². The molecule has 0 spiro atoms. The molecule has 0 fully saturated rings. The lowest BCUT2D eigenvalue weighted by Crippen LogP contribution is -2.17. The molecule has 4 nitrogen and oxygen atoms in total. The molecule has 2 aromatic carbocycles. The van der Waals surface area contributed by atoms with E-state index in [4.69, 9.17) is 11.6 Å². The number of carbonyl (C=O) groups excluding carboxylic acids is 1. The number of nitrogens with one attached hydrogen (secondary N) is 1. The van der Waals surface area contributed by atoms with Gasteiger partial charge in [0.05, 0.1) is 6.21 Å². The lowest BCUT2D eigenvalue weighted by Gasteiger charge is -2.09. The van der Waals surface area contributed by atoms with Crippen molar-refractivity contribution in [2.24, 2.45) is 5.10 Å². The average Bonchev–Trinajstić information content (AvgIpc) is 2.89.